The lowest BCUT2D eigenvalue weighted by molar-refractivity contribution is 0.134. The lowest BCUT2D eigenvalue weighted by atomic mass is 9.97. The van der Waals surface area contributed by atoms with Crippen molar-refractivity contribution in [3.63, 3.8) is 0 Å². The fraction of sp³-hybridized carbons (Fsp3) is 1.00. The summed E-state index contributed by atoms with van der Waals surface area (Å²) in [6.45, 7) is 0. The van der Waals surface area contributed by atoms with E-state index in [2.05, 4.69) is 0 Å². The summed E-state index contributed by atoms with van der Waals surface area (Å²) in [4.78, 5) is 0. The van der Waals surface area contributed by atoms with Crippen LogP contribution in [0.4, 0.5) is 0 Å². The highest BCUT2D eigenvalue weighted by atomic mass is 32.2. The summed E-state index contributed by atoms with van der Waals surface area (Å²) in [6.07, 6.45) is 3.19. The van der Waals surface area contributed by atoms with Gasteiger partial charge in [0.25, 0.3) is 0 Å². The summed E-state index contributed by atoms with van der Waals surface area (Å²) in [5.74, 6) is 0. The van der Waals surface area contributed by atoms with Crippen molar-refractivity contribution in [2.45, 2.75) is 48.7 Å². The Hall–Kier alpha value is -0.0900. The third-order valence-corrected chi connectivity index (χ3v) is 5.91. The van der Waals surface area contributed by atoms with Crippen molar-refractivity contribution in [3.05, 3.63) is 0 Å². The van der Waals surface area contributed by atoms with Crippen LogP contribution in [0.1, 0.15) is 32.1 Å². The molecule has 2 rings (SSSR count). The fourth-order valence-corrected chi connectivity index (χ4v) is 4.91. The molecule has 2 bridgehead atoms. The van der Waals surface area contributed by atoms with E-state index in [4.69, 9.17) is 0 Å². The maximum Gasteiger partial charge on any atom is 0.158 e. The Morgan fingerprint density at radius 2 is 1.83 bits per heavy atom. The predicted octanol–water partition coefficient (Wildman–Crippen LogP) is 0.477. The largest absolute Gasteiger partial charge is 0.392 e. The number of hydrogen-bond donors (Lipinski definition) is 1. The summed E-state index contributed by atoms with van der Waals surface area (Å²) in [5.41, 5.74) is 0. The van der Waals surface area contributed by atoms with Crippen molar-refractivity contribution in [3.8, 4) is 0 Å². The molecule has 2 saturated heterocycles. The minimum absolute atomic E-state index is 0.139. The Morgan fingerprint density at radius 3 is 2.50 bits per heavy atom. The minimum Gasteiger partial charge on any atom is -0.392 e. The van der Waals surface area contributed by atoms with E-state index in [9.17, 15) is 13.5 Å². The molecule has 2 aliphatic heterocycles. The van der Waals surface area contributed by atoms with Crippen LogP contribution in [0.5, 0.6) is 0 Å². The second kappa shape index (κ2) is 2.70. The molecule has 1 N–H and O–H groups in total. The second-order valence-corrected chi connectivity index (χ2v) is 6.28. The Balaban J connectivity index is 2.34. The summed E-state index contributed by atoms with van der Waals surface area (Å²) in [6, 6.07) is 0. The first-order chi connectivity index (χ1) is 5.62. The topological polar surface area (TPSA) is 54.4 Å². The first-order valence-electron chi connectivity index (χ1n) is 4.53. The normalized spacial score (nSPS) is 45.6. The predicted molar refractivity (Wildman–Crippen MR) is 45.6 cm³/mol. The van der Waals surface area contributed by atoms with Gasteiger partial charge in [0.1, 0.15) is 0 Å². The monoisotopic (exact) mass is 190 g/mol. The van der Waals surface area contributed by atoms with Gasteiger partial charge in [0.15, 0.2) is 9.84 Å². The van der Waals surface area contributed by atoms with Crippen LogP contribution < -0.4 is 0 Å². The van der Waals surface area contributed by atoms with Crippen molar-refractivity contribution in [2.75, 3.05) is 0 Å². The molecular weight excluding hydrogens is 176 g/mol. The van der Waals surface area contributed by atoms with Crippen molar-refractivity contribution >= 4 is 9.84 Å². The summed E-state index contributed by atoms with van der Waals surface area (Å²) in [5, 5.41) is 8.90. The van der Waals surface area contributed by atoms with Crippen molar-refractivity contribution in [1.29, 1.82) is 0 Å². The van der Waals surface area contributed by atoms with Crippen LogP contribution in [0.2, 0.25) is 0 Å². The van der Waals surface area contributed by atoms with Crippen LogP contribution in [-0.4, -0.2) is 30.1 Å². The molecule has 0 aromatic heterocycles. The van der Waals surface area contributed by atoms with Crippen LogP contribution >= 0.6 is 0 Å². The molecule has 70 valence electrons. The molecule has 0 unspecified atom stereocenters. The van der Waals surface area contributed by atoms with E-state index in [1.165, 1.54) is 0 Å². The smallest absolute Gasteiger partial charge is 0.158 e. The Morgan fingerprint density at radius 1 is 1.08 bits per heavy atom. The molecule has 2 aliphatic rings. The quantitative estimate of drug-likeness (QED) is 0.604. The van der Waals surface area contributed by atoms with Crippen LogP contribution in [0.15, 0.2) is 0 Å². The number of aliphatic hydroxyl groups excluding tert-OH is 1. The van der Waals surface area contributed by atoms with E-state index in [1.54, 1.807) is 0 Å². The molecule has 0 spiro atoms. The number of rotatable bonds is 0. The molecule has 0 aliphatic carbocycles. The summed E-state index contributed by atoms with van der Waals surface area (Å²) in [7, 11) is -2.96. The van der Waals surface area contributed by atoms with Gasteiger partial charge in [-0.2, -0.15) is 0 Å². The van der Waals surface area contributed by atoms with Crippen molar-refractivity contribution in [1.82, 2.24) is 0 Å². The van der Waals surface area contributed by atoms with E-state index >= 15 is 0 Å². The highest BCUT2D eigenvalue weighted by molar-refractivity contribution is 7.92. The number of aliphatic hydroxyl groups is 1. The summed E-state index contributed by atoms with van der Waals surface area (Å²) >= 11 is 0. The molecule has 0 aromatic carbocycles. The molecule has 2 heterocycles. The van der Waals surface area contributed by atoms with E-state index < -0.39 is 21.2 Å². The van der Waals surface area contributed by atoms with E-state index in [0.29, 0.717) is 19.3 Å². The highest BCUT2D eigenvalue weighted by Crippen LogP contribution is 2.36. The van der Waals surface area contributed by atoms with Gasteiger partial charge < -0.3 is 5.11 Å². The molecule has 4 heteroatoms. The van der Waals surface area contributed by atoms with Crippen molar-refractivity contribution < 1.29 is 13.5 Å². The molecular formula is C8H14O3S. The van der Waals surface area contributed by atoms with Gasteiger partial charge in [0.05, 0.1) is 16.6 Å². The number of hydrogen-bond acceptors (Lipinski definition) is 3. The molecule has 3 nitrogen and oxygen atoms in total. The average Bonchev–Trinajstić information content (AvgIpc) is 1.95. The minimum atomic E-state index is -2.96. The Kier molecular flexibility index (Phi) is 1.92. The molecule has 0 radical (unpaired) electrons. The first kappa shape index (κ1) is 8.51. The van der Waals surface area contributed by atoms with Gasteiger partial charge in [-0.15, -0.1) is 0 Å². The molecule has 3 atom stereocenters. The van der Waals surface area contributed by atoms with Crippen LogP contribution in [-0.2, 0) is 9.84 Å². The van der Waals surface area contributed by atoms with E-state index in [1.807, 2.05) is 0 Å². The maximum atomic E-state index is 11.6. The Labute approximate surface area is 72.7 Å². The lowest BCUT2D eigenvalue weighted by Crippen LogP contribution is -2.47. The molecule has 12 heavy (non-hydrogen) atoms. The third-order valence-electron chi connectivity index (χ3n) is 3.11. The zero-order valence-electron chi connectivity index (χ0n) is 6.94. The van der Waals surface area contributed by atoms with Crippen LogP contribution in [0, 0.1) is 0 Å². The number of fused-ring (bicyclic) bond motifs is 2. The van der Waals surface area contributed by atoms with Gasteiger partial charge in [0, 0.05) is 0 Å². The zero-order valence-corrected chi connectivity index (χ0v) is 7.76. The van der Waals surface area contributed by atoms with Crippen LogP contribution in [0.25, 0.3) is 0 Å². The molecule has 0 saturated carbocycles. The molecule has 0 aromatic rings. The third kappa shape index (κ3) is 1.09. The SMILES string of the molecule is O=S1(=O)[C@H]2CCC[C@H]1[C@H](O)CC2. The van der Waals surface area contributed by atoms with Gasteiger partial charge in [0.2, 0.25) is 0 Å². The molecule has 2 fully saturated rings. The van der Waals surface area contributed by atoms with Gasteiger partial charge in [-0.1, -0.05) is 6.42 Å². The van der Waals surface area contributed by atoms with Crippen LogP contribution in [0.3, 0.4) is 0 Å². The van der Waals surface area contributed by atoms with E-state index in [-0.39, 0.29) is 5.25 Å². The highest BCUT2D eigenvalue weighted by Gasteiger charge is 2.45. The Bertz CT molecular complexity index is 270. The van der Waals surface area contributed by atoms with E-state index in [0.717, 1.165) is 12.8 Å². The fourth-order valence-electron chi connectivity index (χ4n) is 2.38. The number of sulfone groups is 1. The van der Waals surface area contributed by atoms with Crippen molar-refractivity contribution in [2.24, 2.45) is 0 Å². The van der Waals surface area contributed by atoms with Gasteiger partial charge >= 0.3 is 0 Å². The van der Waals surface area contributed by atoms with Gasteiger partial charge in [-0.05, 0) is 25.7 Å². The zero-order chi connectivity index (χ0) is 8.77. The first-order valence-corrected chi connectivity index (χ1v) is 6.14. The molecule has 0 amide bonds. The average molecular weight is 190 g/mol. The summed E-state index contributed by atoms with van der Waals surface area (Å²) < 4.78 is 23.3. The standard InChI is InChI=1S/C8H14O3S/c9-7-5-4-6-2-1-3-8(7)12(6,10)11/h6-9H,1-5H2/t6-,7+,8-/m0/s1. The second-order valence-electron chi connectivity index (χ2n) is 3.83. The van der Waals surface area contributed by atoms with Gasteiger partial charge in [-0.25, -0.2) is 8.42 Å². The maximum absolute atomic E-state index is 11.6. The lowest BCUT2D eigenvalue weighted by Gasteiger charge is -2.37. The van der Waals surface area contributed by atoms with Gasteiger partial charge in [-0.3, -0.25) is 0 Å².